The van der Waals surface area contributed by atoms with Gasteiger partial charge in [-0.15, -0.1) is 0 Å². The average molecular weight is 227 g/mol. The van der Waals surface area contributed by atoms with Crippen molar-refractivity contribution in [1.29, 1.82) is 0 Å². The Labute approximate surface area is 93.2 Å². The van der Waals surface area contributed by atoms with Crippen LogP contribution >= 0.6 is 0 Å². The third-order valence-corrected chi connectivity index (χ3v) is 1.98. The van der Waals surface area contributed by atoms with Gasteiger partial charge in [-0.1, -0.05) is 18.2 Å². The van der Waals surface area contributed by atoms with Crippen molar-refractivity contribution in [1.82, 2.24) is 0 Å². The van der Waals surface area contributed by atoms with E-state index in [1.54, 1.807) is 18.2 Å². The highest BCUT2D eigenvalue weighted by molar-refractivity contribution is 5.75. The molecule has 1 unspecified atom stereocenters. The zero-order valence-electron chi connectivity index (χ0n) is 8.98. The van der Waals surface area contributed by atoms with Crippen LogP contribution in [0.3, 0.4) is 0 Å². The van der Waals surface area contributed by atoms with Crippen molar-refractivity contribution in [3.05, 3.63) is 35.6 Å². The van der Waals surface area contributed by atoms with E-state index in [9.17, 15) is 9.18 Å². The maximum Gasteiger partial charge on any atom is 0.325 e. The summed E-state index contributed by atoms with van der Waals surface area (Å²) in [5.74, 6) is -1.01. The Morgan fingerprint density at radius 2 is 2.19 bits per heavy atom. The maximum atomic E-state index is 13.1. The number of hydrogen-bond acceptors (Lipinski definition) is 4. The van der Waals surface area contributed by atoms with Crippen LogP contribution in [0.2, 0.25) is 0 Å². The number of rotatable bonds is 5. The Bertz CT molecular complexity index is 357. The summed E-state index contributed by atoms with van der Waals surface area (Å²) in [4.78, 5) is 11.3. The molecular formula is C11H14FNO3. The molecule has 16 heavy (non-hydrogen) atoms. The summed E-state index contributed by atoms with van der Waals surface area (Å²) in [5.41, 5.74) is 5.76. The smallest absolute Gasteiger partial charge is 0.325 e. The van der Waals surface area contributed by atoms with Crippen LogP contribution in [0.25, 0.3) is 0 Å². The number of nitrogens with two attached hydrogens (primary N) is 1. The van der Waals surface area contributed by atoms with Crippen LogP contribution in [0.1, 0.15) is 5.56 Å². The summed E-state index contributed by atoms with van der Waals surface area (Å²) in [6.07, 6.45) is 0. The van der Waals surface area contributed by atoms with Gasteiger partial charge in [0, 0.05) is 12.7 Å². The van der Waals surface area contributed by atoms with Gasteiger partial charge in [-0.3, -0.25) is 4.79 Å². The van der Waals surface area contributed by atoms with Crippen molar-refractivity contribution in [3.8, 4) is 0 Å². The quantitative estimate of drug-likeness (QED) is 0.757. The van der Waals surface area contributed by atoms with Gasteiger partial charge in [0.1, 0.15) is 18.5 Å². The second kappa shape index (κ2) is 6.19. The molecule has 0 bridgehead atoms. The van der Waals surface area contributed by atoms with E-state index in [-0.39, 0.29) is 13.2 Å². The maximum absolute atomic E-state index is 13.1. The largest absolute Gasteiger partial charge is 0.459 e. The van der Waals surface area contributed by atoms with Gasteiger partial charge in [-0.2, -0.15) is 0 Å². The first kappa shape index (κ1) is 12.6. The van der Waals surface area contributed by atoms with E-state index in [1.165, 1.54) is 13.2 Å². The lowest BCUT2D eigenvalue weighted by atomic mass is 10.2. The van der Waals surface area contributed by atoms with Crippen molar-refractivity contribution in [2.45, 2.75) is 12.6 Å². The standard InChI is InChI=1S/C11H14FNO3/c1-15-7-10(13)11(14)16-6-8-4-2-3-5-9(8)12/h2-5,10H,6-7,13H2,1H3. The topological polar surface area (TPSA) is 61.5 Å². The zero-order valence-corrected chi connectivity index (χ0v) is 8.98. The van der Waals surface area contributed by atoms with Crippen LogP contribution in [-0.4, -0.2) is 25.7 Å². The highest BCUT2D eigenvalue weighted by Crippen LogP contribution is 2.07. The molecule has 1 atom stereocenters. The van der Waals surface area contributed by atoms with E-state index in [4.69, 9.17) is 15.2 Å². The average Bonchev–Trinajstić information content (AvgIpc) is 2.28. The second-order valence-corrected chi connectivity index (χ2v) is 3.26. The summed E-state index contributed by atoms with van der Waals surface area (Å²) in [6.45, 7) is -0.0426. The van der Waals surface area contributed by atoms with Crippen LogP contribution in [-0.2, 0) is 20.9 Å². The monoisotopic (exact) mass is 227 g/mol. The minimum atomic E-state index is -0.836. The van der Waals surface area contributed by atoms with E-state index in [2.05, 4.69) is 0 Å². The van der Waals surface area contributed by atoms with E-state index < -0.39 is 17.8 Å². The van der Waals surface area contributed by atoms with Crippen molar-refractivity contribution in [3.63, 3.8) is 0 Å². The first-order chi connectivity index (χ1) is 7.65. The van der Waals surface area contributed by atoms with Gasteiger partial charge in [0.05, 0.1) is 6.61 Å². The predicted molar refractivity (Wildman–Crippen MR) is 56.0 cm³/mol. The van der Waals surface area contributed by atoms with Crippen LogP contribution in [0.5, 0.6) is 0 Å². The molecule has 0 saturated carbocycles. The highest BCUT2D eigenvalue weighted by atomic mass is 19.1. The SMILES string of the molecule is COCC(N)C(=O)OCc1ccccc1F. The minimum Gasteiger partial charge on any atom is -0.459 e. The molecule has 1 aromatic rings. The molecule has 88 valence electrons. The van der Waals surface area contributed by atoms with Gasteiger partial charge in [0.2, 0.25) is 0 Å². The fourth-order valence-corrected chi connectivity index (χ4v) is 1.12. The number of esters is 1. The molecule has 0 aliphatic carbocycles. The van der Waals surface area contributed by atoms with Gasteiger partial charge in [0.15, 0.2) is 0 Å². The fourth-order valence-electron chi connectivity index (χ4n) is 1.12. The molecule has 1 aromatic carbocycles. The predicted octanol–water partition coefficient (Wildman–Crippen LogP) is 0.843. The third kappa shape index (κ3) is 3.60. The first-order valence-electron chi connectivity index (χ1n) is 4.79. The normalized spacial score (nSPS) is 12.2. The Morgan fingerprint density at radius 1 is 1.50 bits per heavy atom. The lowest BCUT2D eigenvalue weighted by molar-refractivity contribution is -0.147. The summed E-state index contributed by atoms with van der Waals surface area (Å²) in [7, 11) is 1.43. The summed E-state index contributed by atoms with van der Waals surface area (Å²) < 4.78 is 22.7. The van der Waals surface area contributed by atoms with E-state index >= 15 is 0 Å². The molecule has 0 saturated heterocycles. The molecule has 2 N–H and O–H groups in total. The van der Waals surface area contributed by atoms with Crippen molar-refractivity contribution < 1.29 is 18.7 Å². The van der Waals surface area contributed by atoms with Crippen LogP contribution < -0.4 is 5.73 Å². The van der Waals surface area contributed by atoms with Gasteiger partial charge in [0.25, 0.3) is 0 Å². The molecule has 5 heteroatoms. The molecule has 0 aromatic heterocycles. The van der Waals surface area contributed by atoms with E-state index in [0.717, 1.165) is 0 Å². The van der Waals surface area contributed by atoms with Gasteiger partial charge in [-0.05, 0) is 6.07 Å². The molecule has 0 spiro atoms. The molecule has 0 fully saturated rings. The lowest BCUT2D eigenvalue weighted by Crippen LogP contribution is -2.36. The van der Waals surface area contributed by atoms with Crippen LogP contribution in [0.15, 0.2) is 24.3 Å². The molecule has 0 aliphatic heterocycles. The van der Waals surface area contributed by atoms with Gasteiger partial charge >= 0.3 is 5.97 Å². The Hall–Kier alpha value is -1.46. The number of benzene rings is 1. The molecular weight excluding hydrogens is 213 g/mol. The van der Waals surface area contributed by atoms with E-state index in [1.807, 2.05) is 0 Å². The summed E-state index contributed by atoms with van der Waals surface area (Å²) in [6, 6.07) is 5.25. The number of ether oxygens (including phenoxy) is 2. The summed E-state index contributed by atoms with van der Waals surface area (Å²) >= 11 is 0. The number of hydrogen-bond donors (Lipinski definition) is 1. The Balaban J connectivity index is 2.46. The van der Waals surface area contributed by atoms with Crippen molar-refractivity contribution in [2.75, 3.05) is 13.7 Å². The lowest BCUT2D eigenvalue weighted by Gasteiger charge is -2.10. The van der Waals surface area contributed by atoms with Crippen LogP contribution in [0, 0.1) is 5.82 Å². The van der Waals surface area contributed by atoms with Gasteiger partial charge in [-0.25, -0.2) is 4.39 Å². The Morgan fingerprint density at radius 3 is 2.81 bits per heavy atom. The number of carbonyl (C=O) groups excluding carboxylic acids is 1. The first-order valence-corrected chi connectivity index (χ1v) is 4.79. The molecule has 0 heterocycles. The highest BCUT2D eigenvalue weighted by Gasteiger charge is 2.15. The van der Waals surface area contributed by atoms with Gasteiger partial charge < -0.3 is 15.2 Å². The number of carbonyl (C=O) groups is 1. The minimum absolute atomic E-state index is 0.0795. The second-order valence-electron chi connectivity index (χ2n) is 3.26. The summed E-state index contributed by atoms with van der Waals surface area (Å²) in [5, 5.41) is 0. The number of halogens is 1. The van der Waals surface area contributed by atoms with Crippen LogP contribution in [0.4, 0.5) is 4.39 Å². The fraction of sp³-hybridized carbons (Fsp3) is 0.364. The van der Waals surface area contributed by atoms with Crippen molar-refractivity contribution in [2.24, 2.45) is 5.73 Å². The molecule has 0 radical (unpaired) electrons. The zero-order chi connectivity index (χ0) is 12.0. The van der Waals surface area contributed by atoms with E-state index in [0.29, 0.717) is 5.56 Å². The molecule has 1 rings (SSSR count). The van der Waals surface area contributed by atoms with Crippen molar-refractivity contribution >= 4 is 5.97 Å². The number of methoxy groups -OCH3 is 1. The molecule has 0 aliphatic rings. The molecule has 0 amide bonds. The third-order valence-electron chi connectivity index (χ3n) is 1.98. The Kier molecular flexibility index (Phi) is 4.88. The molecule has 4 nitrogen and oxygen atoms in total.